The summed E-state index contributed by atoms with van der Waals surface area (Å²) in [4.78, 5) is 9.46. The summed E-state index contributed by atoms with van der Waals surface area (Å²) in [5.41, 5.74) is 14.9. The van der Waals surface area contributed by atoms with Crippen molar-refractivity contribution < 1.29 is 0 Å². The van der Waals surface area contributed by atoms with Gasteiger partial charge in [0.2, 0.25) is 0 Å². The summed E-state index contributed by atoms with van der Waals surface area (Å²) in [7, 11) is 0. The van der Waals surface area contributed by atoms with E-state index < -0.39 is 0 Å². The van der Waals surface area contributed by atoms with Crippen LogP contribution >= 0.6 is 11.3 Å². The number of nitrogens with zero attached hydrogens (tertiary/aromatic N) is 3. The van der Waals surface area contributed by atoms with Crippen LogP contribution in [0.5, 0.6) is 0 Å². The molecule has 0 unspecified atom stereocenters. The summed E-state index contributed by atoms with van der Waals surface area (Å²) < 4.78 is 5.07. The maximum absolute atomic E-state index is 4.73. The van der Waals surface area contributed by atoms with Crippen LogP contribution in [0.3, 0.4) is 0 Å². The van der Waals surface area contributed by atoms with Crippen molar-refractivity contribution in [2.24, 2.45) is 0 Å². The molecule has 3 nitrogen and oxygen atoms in total. The summed E-state index contributed by atoms with van der Waals surface area (Å²) in [5.74, 6) is 0. The highest BCUT2D eigenvalue weighted by Gasteiger charge is 2.18. The molecule has 56 heavy (non-hydrogen) atoms. The van der Waals surface area contributed by atoms with Crippen LogP contribution in [-0.4, -0.2) is 14.5 Å². The van der Waals surface area contributed by atoms with Crippen molar-refractivity contribution in [3.05, 3.63) is 194 Å². The van der Waals surface area contributed by atoms with Crippen LogP contribution in [0.15, 0.2) is 188 Å². The molecule has 0 aliphatic heterocycles. The van der Waals surface area contributed by atoms with Gasteiger partial charge in [0.15, 0.2) is 0 Å². The molecule has 4 heteroatoms. The van der Waals surface area contributed by atoms with Crippen molar-refractivity contribution in [3.8, 4) is 50.5 Å². The van der Waals surface area contributed by atoms with E-state index in [1.807, 2.05) is 35.9 Å². The van der Waals surface area contributed by atoms with Gasteiger partial charge in [0.05, 0.1) is 22.4 Å². The molecule has 1 aliphatic carbocycles. The Balaban J connectivity index is 1.14. The van der Waals surface area contributed by atoms with E-state index in [9.17, 15) is 0 Å². The van der Waals surface area contributed by atoms with Gasteiger partial charge in [-0.25, -0.2) is 0 Å². The second-order valence-corrected chi connectivity index (χ2v) is 15.5. The summed E-state index contributed by atoms with van der Waals surface area (Å²) in [5, 5.41) is 5.02. The number of benzene rings is 6. The number of hydrogen-bond acceptors (Lipinski definition) is 3. The molecule has 4 aromatic heterocycles. The van der Waals surface area contributed by atoms with Crippen LogP contribution < -0.4 is 0 Å². The van der Waals surface area contributed by atoms with Crippen molar-refractivity contribution in [2.45, 2.75) is 12.8 Å². The zero-order valence-electron chi connectivity index (χ0n) is 30.6. The number of fused-ring (bicyclic) bond motifs is 6. The van der Waals surface area contributed by atoms with Gasteiger partial charge in [-0.3, -0.25) is 9.97 Å². The topological polar surface area (TPSA) is 30.7 Å². The Morgan fingerprint density at radius 3 is 1.55 bits per heavy atom. The molecule has 0 radical (unpaired) electrons. The van der Waals surface area contributed by atoms with Gasteiger partial charge in [-0.1, -0.05) is 97.1 Å². The molecule has 0 amide bonds. The van der Waals surface area contributed by atoms with Gasteiger partial charge in [0, 0.05) is 60.2 Å². The van der Waals surface area contributed by atoms with E-state index in [2.05, 4.69) is 168 Å². The molecule has 0 bridgehead atoms. The third-order valence-corrected chi connectivity index (χ3v) is 12.3. The molecule has 0 atom stereocenters. The Labute approximate surface area is 329 Å². The lowest BCUT2D eigenvalue weighted by Crippen LogP contribution is -1.94. The predicted molar refractivity (Wildman–Crippen MR) is 237 cm³/mol. The molecule has 0 N–H and O–H groups in total. The van der Waals surface area contributed by atoms with Crippen LogP contribution in [0.4, 0.5) is 0 Å². The SMILES string of the molecule is C1=CC(c2ccc3sc4ccc(-n5c6ccc(-c7ccccc7-c7ccccn7)cc6c6cc(-c7ccccc7-c7ccccn7)ccc65)cc4c3c2)=CCC1. The van der Waals surface area contributed by atoms with E-state index in [1.165, 1.54) is 53.1 Å². The highest BCUT2D eigenvalue weighted by Crippen LogP contribution is 2.42. The number of rotatable bonds is 6. The van der Waals surface area contributed by atoms with Crippen LogP contribution in [0.25, 0.3) is 98.0 Å². The third-order valence-electron chi connectivity index (χ3n) is 11.2. The molecule has 11 rings (SSSR count). The molecule has 0 spiro atoms. The standard InChI is InChI=1S/C52H35N3S/c1-2-12-34(13-3-1)35-22-26-51-45(30-35)46-33-38(23-27-52(46)56-51)55-49-24-20-36(39-14-4-6-16-41(39)47-18-8-10-28-53-47)31-43(49)44-32-37(21-25-50(44)55)40-15-5-7-17-42(40)48-19-9-11-29-54-48/h2,4-33H,1,3H2. The third kappa shape index (κ3) is 5.49. The molecule has 0 saturated carbocycles. The van der Waals surface area contributed by atoms with Crippen molar-refractivity contribution in [1.82, 2.24) is 14.5 Å². The minimum atomic E-state index is 0.967. The van der Waals surface area contributed by atoms with E-state index in [4.69, 9.17) is 9.97 Å². The summed E-state index contributed by atoms with van der Waals surface area (Å²) >= 11 is 1.87. The van der Waals surface area contributed by atoms with Crippen molar-refractivity contribution in [3.63, 3.8) is 0 Å². The fraction of sp³-hybridized carbons (Fsp3) is 0.0385. The maximum Gasteiger partial charge on any atom is 0.0708 e. The molecule has 1 aliphatic rings. The smallest absolute Gasteiger partial charge is 0.0708 e. The van der Waals surface area contributed by atoms with Crippen molar-refractivity contribution in [2.75, 3.05) is 0 Å². The van der Waals surface area contributed by atoms with E-state index in [0.29, 0.717) is 0 Å². The lowest BCUT2D eigenvalue weighted by atomic mass is 9.94. The average molecular weight is 734 g/mol. The second kappa shape index (κ2) is 13.5. The summed E-state index contributed by atoms with van der Waals surface area (Å²) in [6.07, 6.45) is 12.9. The Morgan fingerprint density at radius 1 is 0.446 bits per heavy atom. The second-order valence-electron chi connectivity index (χ2n) is 14.5. The van der Waals surface area contributed by atoms with E-state index in [1.54, 1.807) is 0 Å². The molecule has 0 fully saturated rings. The number of aromatic nitrogens is 3. The minimum Gasteiger partial charge on any atom is -0.309 e. The Morgan fingerprint density at radius 2 is 0.982 bits per heavy atom. The lowest BCUT2D eigenvalue weighted by Gasteiger charge is -2.11. The van der Waals surface area contributed by atoms with Crippen LogP contribution in [0.2, 0.25) is 0 Å². The highest BCUT2D eigenvalue weighted by atomic mass is 32.1. The maximum atomic E-state index is 4.73. The quantitative estimate of drug-likeness (QED) is 0.170. The molecule has 6 aromatic carbocycles. The highest BCUT2D eigenvalue weighted by molar-refractivity contribution is 7.25. The first-order chi connectivity index (χ1) is 27.8. The fourth-order valence-electron chi connectivity index (χ4n) is 8.51. The van der Waals surface area contributed by atoms with E-state index in [0.717, 1.165) is 63.3 Å². The Kier molecular flexibility index (Phi) is 7.82. The van der Waals surface area contributed by atoms with Gasteiger partial charge in [0.1, 0.15) is 0 Å². The van der Waals surface area contributed by atoms with Gasteiger partial charge in [-0.15, -0.1) is 11.3 Å². The first kappa shape index (κ1) is 32.5. The van der Waals surface area contributed by atoms with E-state index >= 15 is 0 Å². The van der Waals surface area contributed by atoms with Gasteiger partial charge in [-0.05, 0) is 125 Å². The van der Waals surface area contributed by atoms with Gasteiger partial charge in [0.25, 0.3) is 0 Å². The lowest BCUT2D eigenvalue weighted by molar-refractivity contribution is 1.04. The Bertz CT molecular complexity index is 3040. The Hall–Kier alpha value is -6.88. The molecule has 4 heterocycles. The zero-order valence-corrected chi connectivity index (χ0v) is 31.4. The average Bonchev–Trinajstić information content (AvgIpc) is 3.81. The zero-order chi connectivity index (χ0) is 37.0. The fourth-order valence-corrected chi connectivity index (χ4v) is 9.58. The molecular formula is C52H35N3S. The summed E-state index contributed by atoms with van der Waals surface area (Å²) in [6.45, 7) is 0. The molecule has 0 saturated heterocycles. The number of hydrogen-bond donors (Lipinski definition) is 0. The first-order valence-electron chi connectivity index (χ1n) is 19.2. The van der Waals surface area contributed by atoms with Crippen LogP contribution in [-0.2, 0) is 0 Å². The predicted octanol–water partition coefficient (Wildman–Crippen LogP) is 14.3. The van der Waals surface area contributed by atoms with Crippen LogP contribution in [0.1, 0.15) is 18.4 Å². The van der Waals surface area contributed by atoms with Gasteiger partial charge in [-0.2, -0.15) is 0 Å². The van der Waals surface area contributed by atoms with Crippen molar-refractivity contribution in [1.29, 1.82) is 0 Å². The largest absolute Gasteiger partial charge is 0.309 e. The van der Waals surface area contributed by atoms with Gasteiger partial charge >= 0.3 is 0 Å². The molecule has 10 aromatic rings. The number of pyridine rings is 2. The normalized spacial score (nSPS) is 12.9. The van der Waals surface area contributed by atoms with Crippen molar-refractivity contribution >= 4 is 58.9 Å². The molecular weight excluding hydrogens is 699 g/mol. The summed E-state index contributed by atoms with van der Waals surface area (Å²) in [6, 6.07) is 57.3. The number of thiophene rings is 1. The minimum absolute atomic E-state index is 0.967. The van der Waals surface area contributed by atoms with Crippen LogP contribution in [0, 0.1) is 0 Å². The molecule has 264 valence electrons. The van der Waals surface area contributed by atoms with E-state index in [-0.39, 0.29) is 0 Å². The number of allylic oxidation sites excluding steroid dienone is 4. The first-order valence-corrected chi connectivity index (χ1v) is 20.0. The van der Waals surface area contributed by atoms with Gasteiger partial charge < -0.3 is 4.57 Å². The monoisotopic (exact) mass is 733 g/mol.